The molecule has 2 aliphatic rings. The van der Waals surface area contributed by atoms with E-state index >= 15 is 0 Å². The van der Waals surface area contributed by atoms with E-state index in [0.29, 0.717) is 23.3 Å². The third-order valence-corrected chi connectivity index (χ3v) is 5.20. The monoisotopic (exact) mass is 336 g/mol. The fourth-order valence-electron chi connectivity index (χ4n) is 3.52. The zero-order valence-electron chi connectivity index (χ0n) is 13.1. The standard InChI is InChI=1S/C18H16N4OS/c19-10-14-4-1-3-13(9-14)5-2-8-23-18-17(20-24-21-18)16-12-22-7-6-15(16)11-22/h1,3-4,9,15-16H,6-8,11-12H2. The largest absolute Gasteiger partial charge is 0.463 e. The van der Waals surface area contributed by atoms with E-state index in [2.05, 4.69) is 31.6 Å². The van der Waals surface area contributed by atoms with Gasteiger partial charge >= 0.3 is 0 Å². The summed E-state index contributed by atoms with van der Waals surface area (Å²) in [4.78, 5) is 2.49. The van der Waals surface area contributed by atoms with Gasteiger partial charge in [0.2, 0.25) is 5.88 Å². The maximum atomic E-state index is 8.90. The first-order valence-electron chi connectivity index (χ1n) is 8.00. The molecule has 1 aromatic heterocycles. The van der Waals surface area contributed by atoms with Crippen molar-refractivity contribution in [2.24, 2.45) is 5.92 Å². The molecule has 0 radical (unpaired) electrons. The molecular weight excluding hydrogens is 320 g/mol. The summed E-state index contributed by atoms with van der Waals surface area (Å²) in [7, 11) is 0. The first-order chi connectivity index (χ1) is 11.8. The predicted molar refractivity (Wildman–Crippen MR) is 90.7 cm³/mol. The minimum Gasteiger partial charge on any atom is -0.463 e. The van der Waals surface area contributed by atoms with Crippen LogP contribution in [0.2, 0.25) is 0 Å². The Morgan fingerprint density at radius 2 is 2.21 bits per heavy atom. The van der Waals surface area contributed by atoms with Crippen LogP contribution < -0.4 is 4.74 Å². The van der Waals surface area contributed by atoms with Crippen LogP contribution in [0.15, 0.2) is 24.3 Å². The Morgan fingerprint density at radius 3 is 3.00 bits per heavy atom. The number of rotatable bonds is 3. The van der Waals surface area contributed by atoms with Gasteiger partial charge in [-0.25, -0.2) is 0 Å². The molecule has 2 aliphatic heterocycles. The lowest BCUT2D eigenvalue weighted by Gasteiger charge is -2.20. The summed E-state index contributed by atoms with van der Waals surface area (Å²) in [6.45, 7) is 3.73. The number of benzene rings is 1. The van der Waals surface area contributed by atoms with Crippen molar-refractivity contribution in [3.63, 3.8) is 0 Å². The van der Waals surface area contributed by atoms with Gasteiger partial charge in [-0.1, -0.05) is 17.9 Å². The molecule has 2 bridgehead atoms. The highest BCUT2D eigenvalue weighted by Crippen LogP contribution is 2.41. The van der Waals surface area contributed by atoms with E-state index in [1.54, 1.807) is 12.1 Å². The van der Waals surface area contributed by atoms with Gasteiger partial charge < -0.3 is 9.64 Å². The number of fused-ring (bicyclic) bond motifs is 2. The maximum absolute atomic E-state index is 8.90. The van der Waals surface area contributed by atoms with E-state index < -0.39 is 0 Å². The summed E-state index contributed by atoms with van der Waals surface area (Å²) in [6.07, 6.45) is 1.25. The Labute approximate surface area is 145 Å². The smallest absolute Gasteiger partial charge is 0.250 e. The molecule has 0 saturated carbocycles. The molecule has 2 aromatic rings. The molecule has 3 heterocycles. The summed E-state index contributed by atoms with van der Waals surface area (Å²) in [6, 6.07) is 9.36. The van der Waals surface area contributed by atoms with E-state index in [-0.39, 0.29) is 6.61 Å². The van der Waals surface area contributed by atoms with E-state index in [4.69, 9.17) is 10.00 Å². The van der Waals surface area contributed by atoms with Gasteiger partial charge in [0.1, 0.15) is 5.69 Å². The normalized spacial score (nSPS) is 24.2. The Bertz CT molecular complexity index is 844. The number of aromatic nitrogens is 2. The Balaban J connectivity index is 1.40. The quantitative estimate of drug-likeness (QED) is 0.805. The average Bonchev–Trinajstić information content (AvgIpc) is 3.35. The van der Waals surface area contributed by atoms with Crippen molar-refractivity contribution >= 4 is 11.7 Å². The first-order valence-corrected chi connectivity index (χ1v) is 8.73. The van der Waals surface area contributed by atoms with Crippen LogP contribution in [0.3, 0.4) is 0 Å². The van der Waals surface area contributed by atoms with Crippen molar-refractivity contribution in [1.29, 1.82) is 5.26 Å². The highest BCUT2D eigenvalue weighted by atomic mass is 32.1. The zero-order chi connectivity index (χ0) is 16.4. The highest BCUT2D eigenvalue weighted by molar-refractivity contribution is 6.99. The topological polar surface area (TPSA) is 62.0 Å². The summed E-state index contributed by atoms with van der Waals surface area (Å²) in [5, 5.41) is 8.90. The highest BCUT2D eigenvalue weighted by Gasteiger charge is 2.41. The van der Waals surface area contributed by atoms with E-state index in [1.807, 2.05) is 12.1 Å². The fourth-order valence-corrected chi connectivity index (χ4v) is 4.08. The van der Waals surface area contributed by atoms with Gasteiger partial charge in [-0.15, -0.1) is 4.37 Å². The zero-order valence-corrected chi connectivity index (χ0v) is 13.9. The van der Waals surface area contributed by atoms with Crippen LogP contribution in [0.5, 0.6) is 5.88 Å². The first kappa shape index (κ1) is 15.1. The van der Waals surface area contributed by atoms with E-state index in [9.17, 15) is 0 Å². The number of nitriles is 1. The van der Waals surface area contributed by atoms with Crippen molar-refractivity contribution in [2.75, 3.05) is 26.2 Å². The van der Waals surface area contributed by atoms with Crippen molar-refractivity contribution < 1.29 is 4.74 Å². The molecule has 120 valence electrons. The van der Waals surface area contributed by atoms with Crippen LogP contribution in [0.1, 0.15) is 29.2 Å². The van der Waals surface area contributed by atoms with E-state index in [1.165, 1.54) is 31.2 Å². The summed E-state index contributed by atoms with van der Waals surface area (Å²) < 4.78 is 14.5. The van der Waals surface area contributed by atoms with Gasteiger partial charge in [0.25, 0.3) is 0 Å². The predicted octanol–water partition coefficient (Wildman–Crippen LogP) is 2.26. The van der Waals surface area contributed by atoms with Crippen LogP contribution in [0, 0.1) is 29.1 Å². The van der Waals surface area contributed by atoms with Gasteiger partial charge in [0.05, 0.1) is 23.4 Å². The Morgan fingerprint density at radius 1 is 1.29 bits per heavy atom. The minimum atomic E-state index is 0.274. The maximum Gasteiger partial charge on any atom is 0.250 e. The number of nitrogens with zero attached hydrogens (tertiary/aromatic N) is 4. The fraction of sp³-hybridized carbons (Fsp3) is 0.389. The lowest BCUT2D eigenvalue weighted by Crippen LogP contribution is -2.22. The number of hydrogen-bond acceptors (Lipinski definition) is 6. The number of hydrogen-bond donors (Lipinski definition) is 0. The summed E-state index contributed by atoms with van der Waals surface area (Å²) in [5.74, 6) is 7.79. The lowest BCUT2D eigenvalue weighted by atomic mass is 9.90. The van der Waals surface area contributed by atoms with Gasteiger partial charge in [-0.3, -0.25) is 0 Å². The van der Waals surface area contributed by atoms with Crippen molar-refractivity contribution in [2.45, 2.75) is 12.3 Å². The molecule has 0 amide bonds. The second-order valence-electron chi connectivity index (χ2n) is 6.15. The van der Waals surface area contributed by atoms with E-state index in [0.717, 1.165) is 17.8 Å². The molecule has 2 fully saturated rings. The average molecular weight is 336 g/mol. The molecule has 5 nitrogen and oxygen atoms in total. The molecule has 3 atom stereocenters. The van der Waals surface area contributed by atoms with Crippen LogP contribution >= 0.6 is 11.7 Å². The molecular formula is C18H16N4OS. The van der Waals surface area contributed by atoms with Crippen molar-refractivity contribution in [3.8, 4) is 23.8 Å². The van der Waals surface area contributed by atoms with Gasteiger partial charge in [-0.2, -0.15) is 9.64 Å². The van der Waals surface area contributed by atoms with Gasteiger partial charge in [0.15, 0.2) is 6.61 Å². The van der Waals surface area contributed by atoms with Crippen LogP contribution in [0.4, 0.5) is 0 Å². The molecule has 0 aliphatic carbocycles. The Kier molecular flexibility index (Phi) is 4.17. The molecule has 1 aromatic carbocycles. The molecule has 2 saturated heterocycles. The molecule has 0 N–H and O–H groups in total. The molecule has 4 rings (SSSR count). The SMILES string of the molecule is N#Cc1cccc(C#CCOc2nsnc2C2CN3CCC2C3)c1. The second kappa shape index (κ2) is 6.60. The molecule has 3 unspecified atom stereocenters. The lowest BCUT2D eigenvalue weighted by molar-refractivity contribution is 0.323. The van der Waals surface area contributed by atoms with Crippen molar-refractivity contribution in [3.05, 3.63) is 41.1 Å². The third-order valence-electron chi connectivity index (χ3n) is 4.67. The van der Waals surface area contributed by atoms with Crippen LogP contribution in [-0.4, -0.2) is 39.9 Å². The number of piperidine rings is 1. The summed E-state index contributed by atoms with van der Waals surface area (Å²) in [5.41, 5.74) is 2.43. The Hall–Kier alpha value is -2.41. The molecule has 0 spiro atoms. The second-order valence-corrected chi connectivity index (χ2v) is 6.68. The molecule has 6 heteroatoms. The van der Waals surface area contributed by atoms with Gasteiger partial charge in [0, 0.05) is 24.6 Å². The number of ether oxygens (including phenoxy) is 1. The summed E-state index contributed by atoms with van der Waals surface area (Å²) >= 11 is 1.21. The minimum absolute atomic E-state index is 0.274. The molecule has 24 heavy (non-hydrogen) atoms. The van der Waals surface area contributed by atoms with Gasteiger partial charge in [-0.05, 0) is 37.1 Å². The van der Waals surface area contributed by atoms with Crippen molar-refractivity contribution in [1.82, 2.24) is 13.6 Å². The van der Waals surface area contributed by atoms with Crippen LogP contribution in [-0.2, 0) is 0 Å². The third kappa shape index (κ3) is 2.99. The van der Waals surface area contributed by atoms with Crippen LogP contribution in [0.25, 0.3) is 0 Å².